The second kappa shape index (κ2) is 9.41. The summed E-state index contributed by atoms with van der Waals surface area (Å²) in [5.74, 6) is 0.793. The van der Waals surface area contributed by atoms with Crippen LogP contribution >= 0.6 is 7.92 Å². The van der Waals surface area contributed by atoms with E-state index in [1.165, 1.54) is 32.2 Å². The third kappa shape index (κ3) is 4.11. The lowest BCUT2D eigenvalue weighted by Gasteiger charge is -2.19. The third-order valence-electron chi connectivity index (χ3n) is 6.52. The highest BCUT2D eigenvalue weighted by Gasteiger charge is 2.25. The Hall–Kier alpha value is -3.48. The van der Waals surface area contributed by atoms with E-state index in [4.69, 9.17) is 9.73 Å². The van der Waals surface area contributed by atoms with Crippen LogP contribution in [0.2, 0.25) is 0 Å². The molecule has 0 N–H and O–H groups in total. The summed E-state index contributed by atoms with van der Waals surface area (Å²) in [5.41, 5.74) is 1.13. The highest BCUT2D eigenvalue weighted by Crippen LogP contribution is 2.36. The van der Waals surface area contributed by atoms with Crippen LogP contribution in [0.1, 0.15) is 12.0 Å². The van der Waals surface area contributed by atoms with E-state index in [9.17, 15) is 0 Å². The minimum Gasteiger partial charge on any atom is -0.475 e. The fraction of sp³-hybridized carbons (Fsp3) is 0.129. The average molecular weight is 460 g/mol. The van der Waals surface area contributed by atoms with E-state index in [0.717, 1.165) is 24.0 Å². The molecule has 0 saturated heterocycles. The smallest absolute Gasteiger partial charge is 0.217 e. The van der Waals surface area contributed by atoms with Gasteiger partial charge in [0.25, 0.3) is 0 Å². The van der Waals surface area contributed by atoms with E-state index in [1.54, 1.807) is 0 Å². The maximum absolute atomic E-state index is 6.27. The molecule has 0 radical (unpaired) electrons. The monoisotopic (exact) mass is 459 g/mol. The van der Waals surface area contributed by atoms with Crippen LogP contribution in [0, 0.1) is 0 Å². The van der Waals surface area contributed by atoms with E-state index in [1.807, 2.05) is 0 Å². The van der Waals surface area contributed by atoms with Gasteiger partial charge in [0.05, 0.1) is 11.6 Å². The molecular weight excluding hydrogens is 433 g/mol. The lowest BCUT2D eigenvalue weighted by Crippen LogP contribution is -2.17. The first-order valence-electron chi connectivity index (χ1n) is 11.9. The summed E-state index contributed by atoms with van der Waals surface area (Å²) in [7, 11) is -0.417. The van der Waals surface area contributed by atoms with Crippen LogP contribution in [0.25, 0.3) is 21.5 Å². The van der Waals surface area contributed by atoms with Gasteiger partial charge < -0.3 is 4.74 Å². The molecule has 0 fully saturated rings. The Morgan fingerprint density at radius 1 is 0.676 bits per heavy atom. The first-order valence-corrected chi connectivity index (χ1v) is 13.4. The van der Waals surface area contributed by atoms with Crippen molar-refractivity contribution in [1.82, 2.24) is 0 Å². The van der Waals surface area contributed by atoms with Crippen LogP contribution in [0.15, 0.2) is 120 Å². The largest absolute Gasteiger partial charge is 0.475 e. The zero-order valence-corrected chi connectivity index (χ0v) is 19.9. The minimum atomic E-state index is -0.417. The Morgan fingerprint density at radius 3 is 1.79 bits per heavy atom. The van der Waals surface area contributed by atoms with Crippen LogP contribution in [0.3, 0.4) is 0 Å². The number of hydrogen-bond donors (Lipinski definition) is 0. The molecule has 2 nitrogen and oxygen atoms in total. The van der Waals surface area contributed by atoms with Crippen molar-refractivity contribution in [3.8, 4) is 0 Å². The van der Waals surface area contributed by atoms with Crippen molar-refractivity contribution in [2.45, 2.75) is 12.5 Å². The van der Waals surface area contributed by atoms with E-state index in [0.29, 0.717) is 6.61 Å². The molecule has 6 rings (SSSR count). The van der Waals surface area contributed by atoms with Crippen molar-refractivity contribution >= 4 is 46.0 Å². The number of benzene rings is 5. The molecule has 34 heavy (non-hydrogen) atoms. The van der Waals surface area contributed by atoms with Gasteiger partial charge in [0, 0.05) is 0 Å². The van der Waals surface area contributed by atoms with Gasteiger partial charge in [-0.1, -0.05) is 109 Å². The first-order chi connectivity index (χ1) is 16.9. The SMILES string of the molecule is c1ccc(P(CCC2COC(c3c4ccccc4cc4ccccc34)=N2)c2ccccc2)cc1. The van der Waals surface area contributed by atoms with Gasteiger partial charge in [-0.25, -0.2) is 4.99 Å². The summed E-state index contributed by atoms with van der Waals surface area (Å²) in [4.78, 5) is 5.12. The van der Waals surface area contributed by atoms with Gasteiger partial charge in [0.2, 0.25) is 5.90 Å². The molecule has 5 aromatic carbocycles. The summed E-state index contributed by atoms with van der Waals surface area (Å²) in [6.45, 7) is 0.652. The van der Waals surface area contributed by atoms with Crippen LogP contribution in [0.4, 0.5) is 0 Å². The fourth-order valence-electron chi connectivity index (χ4n) is 4.85. The molecule has 0 spiro atoms. The molecule has 1 aliphatic rings. The highest BCUT2D eigenvalue weighted by atomic mass is 31.1. The summed E-state index contributed by atoms with van der Waals surface area (Å²) in [6, 6.07) is 41.4. The summed E-state index contributed by atoms with van der Waals surface area (Å²) in [5, 5.41) is 7.71. The maximum Gasteiger partial charge on any atom is 0.217 e. The predicted molar refractivity (Wildman–Crippen MR) is 146 cm³/mol. The van der Waals surface area contributed by atoms with Gasteiger partial charge in [0.1, 0.15) is 6.61 Å². The molecule has 0 amide bonds. The maximum atomic E-state index is 6.27. The number of ether oxygens (including phenoxy) is 1. The number of hydrogen-bond acceptors (Lipinski definition) is 2. The van der Waals surface area contributed by atoms with Crippen LogP contribution < -0.4 is 10.6 Å². The molecule has 1 unspecified atom stereocenters. The van der Waals surface area contributed by atoms with E-state index in [-0.39, 0.29) is 6.04 Å². The first kappa shape index (κ1) is 21.1. The third-order valence-corrected chi connectivity index (χ3v) is 9.07. The lowest BCUT2D eigenvalue weighted by atomic mass is 9.96. The molecule has 166 valence electrons. The molecule has 0 bridgehead atoms. The van der Waals surface area contributed by atoms with Crippen molar-refractivity contribution in [2.75, 3.05) is 12.8 Å². The summed E-state index contributed by atoms with van der Waals surface area (Å²) in [6.07, 6.45) is 2.12. The Balaban J connectivity index is 1.31. The quantitative estimate of drug-likeness (QED) is 0.205. The van der Waals surface area contributed by atoms with Gasteiger partial charge in [-0.15, -0.1) is 0 Å². The zero-order chi connectivity index (χ0) is 22.7. The molecule has 1 aliphatic heterocycles. The van der Waals surface area contributed by atoms with E-state index < -0.39 is 7.92 Å². The summed E-state index contributed by atoms with van der Waals surface area (Å²) < 4.78 is 6.27. The van der Waals surface area contributed by atoms with Gasteiger partial charge >= 0.3 is 0 Å². The van der Waals surface area contributed by atoms with Crippen molar-refractivity contribution < 1.29 is 4.74 Å². The average Bonchev–Trinajstić information content (AvgIpc) is 3.37. The molecule has 0 aliphatic carbocycles. The number of aliphatic imine (C=N–C) groups is 1. The molecule has 0 aromatic heterocycles. The molecule has 5 aromatic rings. The minimum absolute atomic E-state index is 0.185. The van der Waals surface area contributed by atoms with Crippen LogP contribution in [-0.4, -0.2) is 24.7 Å². The highest BCUT2D eigenvalue weighted by molar-refractivity contribution is 7.73. The predicted octanol–water partition coefficient (Wildman–Crippen LogP) is 6.66. The van der Waals surface area contributed by atoms with Crippen LogP contribution in [0.5, 0.6) is 0 Å². The van der Waals surface area contributed by atoms with E-state index in [2.05, 4.69) is 115 Å². The Kier molecular flexibility index (Phi) is 5.83. The van der Waals surface area contributed by atoms with Gasteiger partial charge in [-0.3, -0.25) is 0 Å². The van der Waals surface area contributed by atoms with Crippen molar-refractivity contribution in [2.24, 2.45) is 4.99 Å². The Bertz CT molecular complexity index is 1370. The summed E-state index contributed by atoms with van der Waals surface area (Å²) >= 11 is 0. The van der Waals surface area contributed by atoms with Crippen LogP contribution in [-0.2, 0) is 4.74 Å². The van der Waals surface area contributed by atoms with Gasteiger partial charge in [0.15, 0.2) is 0 Å². The lowest BCUT2D eigenvalue weighted by molar-refractivity contribution is 0.316. The number of nitrogens with zero attached hydrogens (tertiary/aromatic N) is 1. The molecule has 0 saturated carbocycles. The Labute approximate surface area is 201 Å². The molecule has 3 heteroatoms. The standard InChI is InChI=1S/C31H26NOP/c1-3-13-26(14-4-1)34(27-15-5-2-6-16-27)20-19-25-22-33-31(32-25)30-28-17-9-7-11-23(28)21-24-12-8-10-18-29(24)30/h1-18,21,25H,19-20,22H2. The van der Waals surface area contributed by atoms with Crippen molar-refractivity contribution in [3.05, 3.63) is 121 Å². The van der Waals surface area contributed by atoms with Gasteiger partial charge in [-0.05, 0) is 58.7 Å². The van der Waals surface area contributed by atoms with Crippen molar-refractivity contribution in [3.63, 3.8) is 0 Å². The topological polar surface area (TPSA) is 21.6 Å². The number of fused-ring (bicyclic) bond motifs is 2. The molecule has 1 heterocycles. The molecular formula is C31H26NOP. The van der Waals surface area contributed by atoms with Crippen molar-refractivity contribution in [1.29, 1.82) is 0 Å². The number of rotatable bonds is 6. The second-order valence-corrected chi connectivity index (χ2v) is 11.0. The van der Waals surface area contributed by atoms with E-state index >= 15 is 0 Å². The fourth-order valence-corrected chi connectivity index (χ4v) is 7.28. The molecule has 1 atom stereocenters. The second-order valence-electron chi connectivity index (χ2n) is 8.70. The van der Waals surface area contributed by atoms with Gasteiger partial charge in [-0.2, -0.15) is 0 Å². The normalized spacial score (nSPS) is 15.6. The Morgan fingerprint density at radius 2 is 1.21 bits per heavy atom. The zero-order valence-electron chi connectivity index (χ0n) is 19.0.